The third-order valence-electron chi connectivity index (χ3n) is 6.55. The van der Waals surface area contributed by atoms with E-state index in [-0.39, 0.29) is 22.8 Å². The van der Waals surface area contributed by atoms with Crippen LogP contribution in [0.5, 0.6) is 5.75 Å². The number of carbonyl (C=O) groups is 1. The van der Waals surface area contributed by atoms with Crippen LogP contribution >= 0.6 is 0 Å². The van der Waals surface area contributed by atoms with Crippen LogP contribution in [-0.2, 0) is 20.5 Å². The topological polar surface area (TPSA) is 80.0 Å². The molecule has 2 atom stereocenters. The van der Waals surface area contributed by atoms with Gasteiger partial charge in [0, 0.05) is 0 Å². The molecule has 2 aromatic rings. The predicted molar refractivity (Wildman–Crippen MR) is 139 cm³/mol. The lowest BCUT2D eigenvalue weighted by atomic mass is 10.0. The molecule has 0 bridgehead atoms. The molecular weight excluding hydrogens is 462 g/mol. The number of hydrogen-bond acceptors (Lipinski definition) is 7. The van der Waals surface area contributed by atoms with Gasteiger partial charge in [-0.15, -0.1) is 0 Å². The molecule has 0 aliphatic heterocycles. The fourth-order valence-corrected chi connectivity index (χ4v) is 4.45. The van der Waals surface area contributed by atoms with Gasteiger partial charge in [-0.25, -0.2) is 9.78 Å². The Kier molecular flexibility index (Phi) is 10.3. The van der Waals surface area contributed by atoms with E-state index in [1.54, 1.807) is 7.11 Å². The quantitative estimate of drug-likeness (QED) is 0.141. The molecule has 2 rings (SSSR count). The summed E-state index contributed by atoms with van der Waals surface area (Å²) in [5.41, 5.74) is 2.42. The van der Waals surface area contributed by atoms with E-state index < -0.39 is 14.3 Å². The summed E-state index contributed by atoms with van der Waals surface area (Å²) in [7, 11) is 0.892. The van der Waals surface area contributed by atoms with Gasteiger partial charge in [0.1, 0.15) is 12.0 Å². The Morgan fingerprint density at radius 1 is 1.17 bits per heavy atom. The average Bonchev–Trinajstić information content (AvgIpc) is 3.30. The lowest BCUT2D eigenvalue weighted by Gasteiger charge is -2.39. The largest absolute Gasteiger partial charge is 0.497 e. The minimum atomic E-state index is -2.09. The van der Waals surface area contributed by atoms with Crippen LogP contribution in [0.25, 0.3) is 0 Å². The van der Waals surface area contributed by atoms with Gasteiger partial charge in [0.2, 0.25) is 5.89 Å². The van der Waals surface area contributed by atoms with Gasteiger partial charge >= 0.3 is 5.97 Å². The minimum absolute atomic E-state index is 0.0436. The molecule has 194 valence electrons. The third-order valence-corrected chi connectivity index (χ3v) is 11.0. The van der Waals surface area contributed by atoms with Crippen LogP contribution in [0.3, 0.4) is 0 Å². The maximum absolute atomic E-state index is 11.8. The van der Waals surface area contributed by atoms with Gasteiger partial charge in [0.05, 0.1) is 39.5 Å². The van der Waals surface area contributed by atoms with E-state index in [2.05, 4.69) is 51.8 Å². The molecule has 0 N–H and O–H groups in total. The number of benzene rings is 1. The summed E-state index contributed by atoms with van der Waals surface area (Å²) in [5, 5.41) is 0.0436. The standard InChI is InChI=1S/C27H41NO6Si/c1-19(14-15-32-17-21-10-12-22(30-6)13-11-21)16-24(34-35(8,9)27(3,4)5)20(2)25-28-23(18-33-25)26(29)31-7/h10-13,16,18,20,24H,14-15,17H2,1-9H3/b19-16-/t20-,24+/m0/s1. The molecule has 8 heteroatoms. The number of ether oxygens (including phenoxy) is 3. The second-order valence-electron chi connectivity index (χ2n) is 10.4. The molecule has 0 spiro atoms. The Morgan fingerprint density at radius 3 is 2.40 bits per heavy atom. The van der Waals surface area contributed by atoms with Crippen molar-refractivity contribution in [3.8, 4) is 5.75 Å². The molecule has 0 saturated heterocycles. The van der Waals surface area contributed by atoms with E-state index in [9.17, 15) is 4.79 Å². The molecule has 0 aliphatic rings. The highest BCUT2D eigenvalue weighted by Crippen LogP contribution is 2.39. The minimum Gasteiger partial charge on any atom is -0.497 e. The first-order valence-electron chi connectivity index (χ1n) is 12.0. The summed E-state index contributed by atoms with van der Waals surface area (Å²) < 4.78 is 28.3. The maximum atomic E-state index is 11.8. The Balaban J connectivity index is 2.10. The Labute approximate surface area is 211 Å². The molecule has 35 heavy (non-hydrogen) atoms. The van der Waals surface area contributed by atoms with Crippen LogP contribution in [0.15, 0.2) is 46.6 Å². The first kappa shape index (κ1) is 28.8. The number of aromatic nitrogens is 1. The molecule has 7 nitrogen and oxygen atoms in total. The Hall–Kier alpha value is -2.42. The number of carbonyl (C=O) groups excluding carboxylic acids is 1. The van der Waals surface area contributed by atoms with Crippen molar-refractivity contribution in [3.05, 3.63) is 59.3 Å². The van der Waals surface area contributed by atoms with Gasteiger partial charge in [-0.1, -0.05) is 51.5 Å². The summed E-state index contributed by atoms with van der Waals surface area (Å²) in [6, 6.07) is 7.88. The van der Waals surface area contributed by atoms with Crippen LogP contribution in [0.1, 0.15) is 68.9 Å². The van der Waals surface area contributed by atoms with Crippen molar-refractivity contribution in [3.63, 3.8) is 0 Å². The highest BCUT2D eigenvalue weighted by molar-refractivity contribution is 6.74. The van der Waals surface area contributed by atoms with Crippen LogP contribution < -0.4 is 4.74 Å². The van der Waals surface area contributed by atoms with Gasteiger partial charge in [0.25, 0.3) is 0 Å². The summed E-state index contributed by atoms with van der Waals surface area (Å²) in [6.07, 6.45) is 4.01. The summed E-state index contributed by atoms with van der Waals surface area (Å²) in [5.74, 6) is 0.584. The molecule has 0 saturated carbocycles. The summed E-state index contributed by atoms with van der Waals surface area (Å²) in [6.45, 7) is 16.3. The van der Waals surface area contributed by atoms with Gasteiger partial charge in [-0.3, -0.25) is 0 Å². The van der Waals surface area contributed by atoms with Crippen molar-refractivity contribution in [2.75, 3.05) is 20.8 Å². The molecular formula is C27H41NO6Si. The molecule has 0 amide bonds. The summed E-state index contributed by atoms with van der Waals surface area (Å²) in [4.78, 5) is 16.2. The van der Waals surface area contributed by atoms with E-state index in [1.165, 1.54) is 13.4 Å². The Bertz CT molecular complexity index is 974. The van der Waals surface area contributed by atoms with E-state index in [4.69, 9.17) is 23.1 Å². The predicted octanol–water partition coefficient (Wildman–Crippen LogP) is 6.52. The number of hydrogen-bond donors (Lipinski definition) is 0. The van der Waals surface area contributed by atoms with Gasteiger partial charge in [0.15, 0.2) is 14.0 Å². The van der Waals surface area contributed by atoms with Crippen LogP contribution in [0.2, 0.25) is 18.1 Å². The highest BCUT2D eigenvalue weighted by atomic mass is 28.4. The second kappa shape index (κ2) is 12.5. The lowest BCUT2D eigenvalue weighted by molar-refractivity contribution is 0.0593. The number of esters is 1. The smallest absolute Gasteiger partial charge is 0.360 e. The zero-order valence-electron chi connectivity index (χ0n) is 22.6. The van der Waals surface area contributed by atoms with Crippen LogP contribution in [0, 0.1) is 0 Å². The van der Waals surface area contributed by atoms with Crippen molar-refractivity contribution in [1.29, 1.82) is 0 Å². The Morgan fingerprint density at radius 2 is 1.83 bits per heavy atom. The lowest BCUT2D eigenvalue weighted by Crippen LogP contribution is -2.44. The van der Waals surface area contributed by atoms with Crippen molar-refractivity contribution in [2.24, 2.45) is 0 Å². The maximum Gasteiger partial charge on any atom is 0.360 e. The van der Waals surface area contributed by atoms with Crippen molar-refractivity contribution in [2.45, 2.75) is 77.8 Å². The molecule has 0 aliphatic carbocycles. The van der Waals surface area contributed by atoms with Crippen LogP contribution in [-0.4, -0.2) is 46.2 Å². The van der Waals surface area contributed by atoms with Gasteiger partial charge in [-0.2, -0.15) is 0 Å². The van der Waals surface area contributed by atoms with E-state index in [1.807, 2.05) is 31.2 Å². The fraction of sp³-hybridized carbons (Fsp3) is 0.556. The number of rotatable bonds is 12. The monoisotopic (exact) mass is 503 g/mol. The number of oxazole rings is 1. The second-order valence-corrected chi connectivity index (χ2v) is 15.1. The van der Waals surface area contributed by atoms with E-state index in [0.717, 1.165) is 23.3 Å². The summed E-state index contributed by atoms with van der Waals surface area (Å²) >= 11 is 0. The third kappa shape index (κ3) is 8.33. The normalized spacial score (nSPS) is 14.5. The zero-order chi connectivity index (χ0) is 26.2. The van der Waals surface area contributed by atoms with Crippen molar-refractivity contribution < 1.29 is 27.8 Å². The molecule has 1 aromatic carbocycles. The van der Waals surface area contributed by atoms with Crippen molar-refractivity contribution >= 4 is 14.3 Å². The number of nitrogens with zero attached hydrogens (tertiary/aromatic N) is 1. The first-order valence-corrected chi connectivity index (χ1v) is 14.9. The first-order chi connectivity index (χ1) is 16.4. The zero-order valence-corrected chi connectivity index (χ0v) is 23.6. The molecule has 0 radical (unpaired) electrons. The van der Waals surface area contributed by atoms with Gasteiger partial charge < -0.3 is 23.1 Å². The van der Waals surface area contributed by atoms with Crippen molar-refractivity contribution in [1.82, 2.24) is 4.98 Å². The van der Waals surface area contributed by atoms with Gasteiger partial charge in [-0.05, 0) is 49.2 Å². The molecule has 1 aromatic heterocycles. The SMILES string of the molecule is COC(=O)c1coc([C@@H](C)[C@@H](/C=C(/C)CCOCc2ccc(OC)cc2)O[Si](C)(C)C(C)(C)C)n1. The molecule has 0 fully saturated rings. The highest BCUT2D eigenvalue weighted by Gasteiger charge is 2.40. The number of methoxy groups -OCH3 is 2. The molecule has 1 heterocycles. The van der Waals surface area contributed by atoms with E-state index in [0.29, 0.717) is 19.1 Å². The van der Waals surface area contributed by atoms with Crippen LogP contribution in [0.4, 0.5) is 0 Å². The molecule has 0 unspecified atom stereocenters. The fourth-order valence-electron chi connectivity index (χ4n) is 3.14. The average molecular weight is 504 g/mol. The van der Waals surface area contributed by atoms with E-state index >= 15 is 0 Å².